The number of hydrogen-bond donors (Lipinski definition) is 1. The molecule has 1 N–H and O–H groups in total. The van der Waals surface area contributed by atoms with Gasteiger partial charge in [0.15, 0.2) is 0 Å². The standard InChI is InChI=1S/C17H21BrN2O/c1-12(19-2)16-10-13(18)8-9-17(16)20(3)14-6-5-7-15(11-14)21-4/h5-12,19H,1-4H3. The van der Waals surface area contributed by atoms with Crippen molar-refractivity contribution in [3.05, 3.63) is 52.5 Å². The molecule has 2 rings (SSSR count). The molecule has 0 spiro atoms. The van der Waals surface area contributed by atoms with E-state index in [9.17, 15) is 0 Å². The fourth-order valence-electron chi connectivity index (χ4n) is 2.29. The molecule has 3 nitrogen and oxygen atoms in total. The van der Waals surface area contributed by atoms with E-state index in [1.807, 2.05) is 25.2 Å². The highest BCUT2D eigenvalue weighted by Crippen LogP contribution is 2.34. The van der Waals surface area contributed by atoms with Crippen molar-refractivity contribution in [2.24, 2.45) is 0 Å². The molecule has 0 radical (unpaired) electrons. The zero-order chi connectivity index (χ0) is 15.4. The van der Waals surface area contributed by atoms with Gasteiger partial charge in [-0.05, 0) is 49.9 Å². The molecule has 2 aromatic carbocycles. The molecule has 0 saturated carbocycles. The molecule has 0 saturated heterocycles. The minimum Gasteiger partial charge on any atom is -0.497 e. The van der Waals surface area contributed by atoms with E-state index in [-0.39, 0.29) is 6.04 Å². The highest BCUT2D eigenvalue weighted by atomic mass is 79.9. The number of rotatable bonds is 5. The van der Waals surface area contributed by atoms with E-state index in [0.29, 0.717) is 0 Å². The third kappa shape index (κ3) is 3.57. The monoisotopic (exact) mass is 348 g/mol. The number of methoxy groups -OCH3 is 1. The second-order valence-electron chi connectivity index (χ2n) is 4.97. The summed E-state index contributed by atoms with van der Waals surface area (Å²) in [6.45, 7) is 2.16. The Labute approximate surface area is 135 Å². The van der Waals surface area contributed by atoms with Crippen LogP contribution in [-0.4, -0.2) is 21.2 Å². The van der Waals surface area contributed by atoms with Gasteiger partial charge < -0.3 is 15.0 Å². The average molecular weight is 349 g/mol. The van der Waals surface area contributed by atoms with E-state index in [4.69, 9.17) is 4.74 Å². The van der Waals surface area contributed by atoms with Crippen LogP contribution in [0.3, 0.4) is 0 Å². The first-order chi connectivity index (χ1) is 10.1. The van der Waals surface area contributed by atoms with Gasteiger partial charge in [0, 0.05) is 35.0 Å². The van der Waals surface area contributed by atoms with Crippen LogP contribution >= 0.6 is 15.9 Å². The van der Waals surface area contributed by atoms with Crippen molar-refractivity contribution in [1.82, 2.24) is 5.32 Å². The molecule has 1 unspecified atom stereocenters. The summed E-state index contributed by atoms with van der Waals surface area (Å²) in [6.07, 6.45) is 0. The molecular formula is C17H21BrN2O. The molecular weight excluding hydrogens is 328 g/mol. The van der Waals surface area contributed by atoms with Gasteiger partial charge in [-0.25, -0.2) is 0 Å². The molecule has 21 heavy (non-hydrogen) atoms. The molecule has 2 aromatic rings. The highest BCUT2D eigenvalue weighted by molar-refractivity contribution is 9.10. The Morgan fingerprint density at radius 2 is 1.95 bits per heavy atom. The molecule has 0 bridgehead atoms. The first kappa shape index (κ1) is 15.9. The fourth-order valence-corrected chi connectivity index (χ4v) is 2.67. The largest absolute Gasteiger partial charge is 0.497 e. The van der Waals surface area contributed by atoms with Gasteiger partial charge in [0.2, 0.25) is 0 Å². The summed E-state index contributed by atoms with van der Waals surface area (Å²) in [7, 11) is 5.73. The maximum Gasteiger partial charge on any atom is 0.120 e. The van der Waals surface area contributed by atoms with Gasteiger partial charge in [-0.1, -0.05) is 22.0 Å². The van der Waals surface area contributed by atoms with E-state index in [0.717, 1.165) is 15.9 Å². The third-order valence-corrected chi connectivity index (χ3v) is 4.18. The smallest absolute Gasteiger partial charge is 0.120 e. The topological polar surface area (TPSA) is 24.5 Å². The molecule has 0 fully saturated rings. The van der Waals surface area contributed by atoms with Crippen LogP contribution in [0.2, 0.25) is 0 Å². The highest BCUT2D eigenvalue weighted by Gasteiger charge is 2.14. The Bertz CT molecular complexity index is 615. The molecule has 0 amide bonds. The lowest BCUT2D eigenvalue weighted by atomic mass is 10.0. The molecule has 0 aromatic heterocycles. The molecule has 4 heteroatoms. The van der Waals surface area contributed by atoms with Crippen molar-refractivity contribution in [3.63, 3.8) is 0 Å². The molecule has 0 heterocycles. The van der Waals surface area contributed by atoms with Crippen LogP contribution in [0.5, 0.6) is 5.75 Å². The minimum absolute atomic E-state index is 0.269. The van der Waals surface area contributed by atoms with Crippen LogP contribution in [0.1, 0.15) is 18.5 Å². The van der Waals surface area contributed by atoms with E-state index >= 15 is 0 Å². The van der Waals surface area contributed by atoms with Gasteiger partial charge in [0.1, 0.15) is 5.75 Å². The molecule has 0 aliphatic carbocycles. The maximum absolute atomic E-state index is 5.31. The van der Waals surface area contributed by atoms with Crippen molar-refractivity contribution in [1.29, 1.82) is 0 Å². The summed E-state index contributed by atoms with van der Waals surface area (Å²) in [4.78, 5) is 2.18. The zero-order valence-corrected chi connectivity index (χ0v) is 14.4. The molecule has 0 aliphatic heterocycles. The number of benzene rings is 2. The minimum atomic E-state index is 0.269. The predicted octanol–water partition coefficient (Wildman–Crippen LogP) is 4.51. The van der Waals surface area contributed by atoms with Gasteiger partial charge in [-0.2, -0.15) is 0 Å². The zero-order valence-electron chi connectivity index (χ0n) is 12.9. The Kier molecular flexibility index (Phi) is 5.26. The third-order valence-electron chi connectivity index (χ3n) is 3.69. The van der Waals surface area contributed by atoms with Crippen molar-refractivity contribution in [2.45, 2.75) is 13.0 Å². The summed E-state index contributed by atoms with van der Waals surface area (Å²) < 4.78 is 6.40. The van der Waals surface area contributed by atoms with Crippen molar-refractivity contribution in [3.8, 4) is 5.75 Å². The SMILES string of the molecule is CNC(C)c1cc(Br)ccc1N(C)c1cccc(OC)c1. The lowest BCUT2D eigenvalue weighted by Gasteiger charge is -2.25. The fraction of sp³-hybridized carbons (Fsp3) is 0.294. The summed E-state index contributed by atoms with van der Waals surface area (Å²) in [5, 5.41) is 3.31. The lowest BCUT2D eigenvalue weighted by molar-refractivity contribution is 0.415. The number of ether oxygens (including phenoxy) is 1. The van der Waals surface area contributed by atoms with Gasteiger partial charge >= 0.3 is 0 Å². The number of nitrogens with zero attached hydrogens (tertiary/aromatic N) is 1. The first-order valence-corrected chi connectivity index (χ1v) is 7.70. The van der Waals surface area contributed by atoms with Crippen LogP contribution in [0, 0.1) is 0 Å². The van der Waals surface area contributed by atoms with E-state index < -0.39 is 0 Å². The van der Waals surface area contributed by atoms with E-state index in [1.165, 1.54) is 11.3 Å². The van der Waals surface area contributed by atoms with Crippen molar-refractivity contribution < 1.29 is 4.74 Å². The number of nitrogens with one attached hydrogen (secondary N) is 1. The van der Waals surface area contributed by atoms with Crippen LogP contribution in [0.25, 0.3) is 0 Å². The van der Waals surface area contributed by atoms with Crippen molar-refractivity contribution >= 4 is 27.3 Å². The maximum atomic E-state index is 5.31. The summed E-state index contributed by atoms with van der Waals surface area (Å²) in [5.41, 5.74) is 3.52. The average Bonchev–Trinajstić information content (AvgIpc) is 2.53. The molecule has 112 valence electrons. The van der Waals surface area contributed by atoms with E-state index in [2.05, 4.69) is 64.4 Å². The number of halogens is 1. The Balaban J connectivity index is 2.44. The summed E-state index contributed by atoms with van der Waals surface area (Å²) >= 11 is 3.56. The quantitative estimate of drug-likeness (QED) is 0.860. The molecule has 1 atom stereocenters. The second-order valence-corrected chi connectivity index (χ2v) is 5.89. The van der Waals surface area contributed by atoms with Gasteiger partial charge in [-0.3, -0.25) is 0 Å². The Morgan fingerprint density at radius 3 is 2.62 bits per heavy atom. The first-order valence-electron chi connectivity index (χ1n) is 6.91. The summed E-state index contributed by atoms with van der Waals surface area (Å²) in [5.74, 6) is 0.861. The van der Waals surface area contributed by atoms with Gasteiger partial charge in [0.05, 0.1) is 7.11 Å². The number of hydrogen-bond acceptors (Lipinski definition) is 3. The lowest BCUT2D eigenvalue weighted by Crippen LogP contribution is -2.18. The Morgan fingerprint density at radius 1 is 1.19 bits per heavy atom. The van der Waals surface area contributed by atoms with E-state index in [1.54, 1.807) is 7.11 Å². The number of anilines is 2. The predicted molar refractivity (Wildman–Crippen MR) is 92.7 cm³/mol. The Hall–Kier alpha value is -1.52. The van der Waals surface area contributed by atoms with Gasteiger partial charge in [0.25, 0.3) is 0 Å². The second kappa shape index (κ2) is 6.96. The molecule has 0 aliphatic rings. The van der Waals surface area contributed by atoms with Crippen LogP contribution < -0.4 is 15.0 Å². The van der Waals surface area contributed by atoms with Gasteiger partial charge in [-0.15, -0.1) is 0 Å². The van der Waals surface area contributed by atoms with Crippen LogP contribution in [0.15, 0.2) is 46.9 Å². The van der Waals surface area contributed by atoms with Crippen molar-refractivity contribution in [2.75, 3.05) is 26.1 Å². The summed E-state index contributed by atoms with van der Waals surface area (Å²) in [6, 6.07) is 14.7. The van der Waals surface area contributed by atoms with Crippen LogP contribution in [0.4, 0.5) is 11.4 Å². The van der Waals surface area contributed by atoms with Crippen LogP contribution in [-0.2, 0) is 0 Å². The normalized spacial score (nSPS) is 12.0.